The van der Waals surface area contributed by atoms with Crippen LogP contribution in [-0.4, -0.2) is 37.6 Å². The molecule has 8 heteroatoms. The standard InChI is InChI=1S/C26H27N3O4S/c1-19(20-9-3-2-4-10-20)27-26(31)23-11-5-6-12-24(23)28-25(30)21-13-15-22(16-14-21)34(32,33)29-17-7-8-18-29/h2-6,9-16,19H,7-8,17-18H2,1H3,(H,27,31)(H,28,30)/t19-/m0/s1. The number of amides is 2. The molecule has 1 atom stereocenters. The minimum Gasteiger partial charge on any atom is -0.345 e. The van der Waals surface area contributed by atoms with E-state index in [1.807, 2.05) is 37.3 Å². The number of nitrogens with one attached hydrogen (secondary N) is 2. The van der Waals surface area contributed by atoms with Crippen LogP contribution >= 0.6 is 0 Å². The maximum Gasteiger partial charge on any atom is 0.255 e. The van der Waals surface area contributed by atoms with Gasteiger partial charge < -0.3 is 10.6 Å². The van der Waals surface area contributed by atoms with Crippen molar-refractivity contribution in [3.05, 3.63) is 95.6 Å². The Morgan fingerprint density at radius 2 is 1.44 bits per heavy atom. The quantitative estimate of drug-likeness (QED) is 0.533. The fraction of sp³-hybridized carbons (Fsp3) is 0.231. The number of rotatable bonds is 7. The normalized spacial score (nSPS) is 15.0. The molecule has 0 unspecified atom stereocenters. The Balaban J connectivity index is 1.47. The molecule has 34 heavy (non-hydrogen) atoms. The maximum atomic E-state index is 12.9. The lowest BCUT2D eigenvalue weighted by molar-refractivity contribution is 0.0940. The number of nitrogens with zero attached hydrogens (tertiary/aromatic N) is 1. The van der Waals surface area contributed by atoms with E-state index in [2.05, 4.69) is 10.6 Å². The third-order valence-corrected chi connectivity index (χ3v) is 7.80. The molecule has 0 saturated carbocycles. The Kier molecular flexibility index (Phi) is 7.09. The summed E-state index contributed by atoms with van der Waals surface area (Å²) in [4.78, 5) is 25.9. The van der Waals surface area contributed by atoms with Gasteiger partial charge in [0.25, 0.3) is 11.8 Å². The summed E-state index contributed by atoms with van der Waals surface area (Å²) in [5.41, 5.74) is 1.99. The number of carbonyl (C=O) groups excluding carboxylic acids is 2. The number of hydrogen-bond donors (Lipinski definition) is 2. The van der Waals surface area contributed by atoms with Crippen LogP contribution in [0.3, 0.4) is 0 Å². The van der Waals surface area contributed by atoms with Crippen LogP contribution in [0.15, 0.2) is 83.8 Å². The predicted molar refractivity (Wildman–Crippen MR) is 131 cm³/mol. The lowest BCUT2D eigenvalue weighted by Crippen LogP contribution is -2.28. The second kappa shape index (κ2) is 10.2. The molecular weight excluding hydrogens is 450 g/mol. The second-order valence-electron chi connectivity index (χ2n) is 8.24. The van der Waals surface area contributed by atoms with E-state index in [0.29, 0.717) is 29.9 Å². The molecule has 2 amide bonds. The molecule has 1 fully saturated rings. The Morgan fingerprint density at radius 3 is 2.12 bits per heavy atom. The fourth-order valence-electron chi connectivity index (χ4n) is 3.94. The molecule has 0 aromatic heterocycles. The summed E-state index contributed by atoms with van der Waals surface area (Å²) in [7, 11) is -3.54. The van der Waals surface area contributed by atoms with E-state index in [9.17, 15) is 18.0 Å². The second-order valence-corrected chi connectivity index (χ2v) is 10.2. The summed E-state index contributed by atoms with van der Waals surface area (Å²) in [5.74, 6) is -0.735. The average molecular weight is 478 g/mol. The van der Waals surface area contributed by atoms with Crippen LogP contribution in [0.1, 0.15) is 52.1 Å². The summed E-state index contributed by atoms with van der Waals surface area (Å²) in [6.07, 6.45) is 1.72. The van der Waals surface area contributed by atoms with Gasteiger partial charge in [0.2, 0.25) is 10.0 Å². The molecule has 1 saturated heterocycles. The molecule has 3 aromatic carbocycles. The lowest BCUT2D eigenvalue weighted by Gasteiger charge is -2.17. The SMILES string of the molecule is C[C@H](NC(=O)c1ccccc1NC(=O)c1ccc(S(=O)(=O)N2CCCC2)cc1)c1ccccc1. The summed E-state index contributed by atoms with van der Waals surface area (Å²) >= 11 is 0. The van der Waals surface area contributed by atoms with Crippen LogP contribution in [0.25, 0.3) is 0 Å². The van der Waals surface area contributed by atoms with Gasteiger partial charge in [0.15, 0.2) is 0 Å². The van der Waals surface area contributed by atoms with Crippen LogP contribution in [0.2, 0.25) is 0 Å². The van der Waals surface area contributed by atoms with Gasteiger partial charge >= 0.3 is 0 Å². The first kappa shape index (κ1) is 23.7. The van der Waals surface area contributed by atoms with E-state index in [0.717, 1.165) is 18.4 Å². The average Bonchev–Trinajstić information content (AvgIpc) is 3.41. The van der Waals surface area contributed by atoms with Gasteiger partial charge in [0, 0.05) is 18.7 Å². The van der Waals surface area contributed by atoms with Gasteiger partial charge in [-0.25, -0.2) is 8.42 Å². The van der Waals surface area contributed by atoms with E-state index in [-0.39, 0.29) is 16.8 Å². The van der Waals surface area contributed by atoms with Gasteiger partial charge in [-0.1, -0.05) is 42.5 Å². The molecule has 0 spiro atoms. The number of benzene rings is 3. The Labute approximate surface area is 199 Å². The van der Waals surface area contributed by atoms with E-state index in [1.165, 1.54) is 28.6 Å². The zero-order valence-electron chi connectivity index (χ0n) is 18.9. The van der Waals surface area contributed by atoms with Crippen LogP contribution in [0, 0.1) is 0 Å². The highest BCUT2D eigenvalue weighted by Gasteiger charge is 2.27. The van der Waals surface area contributed by atoms with Crippen molar-refractivity contribution in [2.75, 3.05) is 18.4 Å². The zero-order chi connectivity index (χ0) is 24.1. The van der Waals surface area contributed by atoms with Crippen molar-refractivity contribution in [2.45, 2.75) is 30.7 Å². The van der Waals surface area contributed by atoms with Crippen LogP contribution in [0.4, 0.5) is 5.69 Å². The topological polar surface area (TPSA) is 95.6 Å². The van der Waals surface area contributed by atoms with Gasteiger partial charge in [0.1, 0.15) is 0 Å². The first-order valence-electron chi connectivity index (χ1n) is 11.2. The van der Waals surface area contributed by atoms with Gasteiger partial charge in [0.05, 0.1) is 22.2 Å². The minimum atomic E-state index is -3.54. The lowest BCUT2D eigenvalue weighted by atomic mass is 10.1. The highest BCUT2D eigenvalue weighted by atomic mass is 32.2. The minimum absolute atomic E-state index is 0.167. The third-order valence-electron chi connectivity index (χ3n) is 5.89. The fourth-order valence-corrected chi connectivity index (χ4v) is 5.46. The van der Waals surface area contributed by atoms with Crippen molar-refractivity contribution in [1.29, 1.82) is 0 Å². The first-order valence-corrected chi connectivity index (χ1v) is 12.7. The molecule has 176 valence electrons. The first-order chi connectivity index (χ1) is 16.4. The molecule has 0 bridgehead atoms. The zero-order valence-corrected chi connectivity index (χ0v) is 19.7. The van der Waals surface area contributed by atoms with E-state index >= 15 is 0 Å². The highest BCUT2D eigenvalue weighted by molar-refractivity contribution is 7.89. The van der Waals surface area contributed by atoms with Crippen molar-refractivity contribution in [1.82, 2.24) is 9.62 Å². The smallest absolute Gasteiger partial charge is 0.255 e. The molecule has 7 nitrogen and oxygen atoms in total. The maximum absolute atomic E-state index is 12.9. The van der Waals surface area contributed by atoms with Gasteiger partial charge in [-0.05, 0) is 61.7 Å². The van der Waals surface area contributed by atoms with Crippen LogP contribution < -0.4 is 10.6 Å². The molecule has 0 aliphatic carbocycles. The van der Waals surface area contributed by atoms with E-state index < -0.39 is 15.9 Å². The van der Waals surface area contributed by atoms with Crippen molar-refractivity contribution in [2.24, 2.45) is 0 Å². The molecule has 1 aliphatic rings. The van der Waals surface area contributed by atoms with Crippen LogP contribution in [0.5, 0.6) is 0 Å². The van der Waals surface area contributed by atoms with Crippen molar-refractivity contribution in [3.8, 4) is 0 Å². The van der Waals surface area contributed by atoms with E-state index in [1.54, 1.807) is 24.3 Å². The molecule has 2 N–H and O–H groups in total. The van der Waals surface area contributed by atoms with Crippen molar-refractivity contribution >= 4 is 27.5 Å². The largest absolute Gasteiger partial charge is 0.345 e. The third kappa shape index (κ3) is 5.18. The summed E-state index contributed by atoms with van der Waals surface area (Å²) < 4.78 is 26.9. The predicted octanol–water partition coefficient (Wildman–Crippen LogP) is 4.21. The van der Waals surface area contributed by atoms with Gasteiger partial charge in [-0.3, -0.25) is 9.59 Å². The molecule has 1 aliphatic heterocycles. The molecule has 4 rings (SSSR count). The monoisotopic (exact) mass is 477 g/mol. The Bertz CT molecular complexity index is 1270. The van der Waals surface area contributed by atoms with Gasteiger partial charge in [-0.2, -0.15) is 4.31 Å². The van der Waals surface area contributed by atoms with Crippen molar-refractivity contribution < 1.29 is 18.0 Å². The molecule has 3 aromatic rings. The summed E-state index contributed by atoms with van der Waals surface area (Å²) in [6, 6.07) is 22.0. The Hall–Kier alpha value is -3.49. The van der Waals surface area contributed by atoms with Crippen molar-refractivity contribution in [3.63, 3.8) is 0 Å². The highest BCUT2D eigenvalue weighted by Crippen LogP contribution is 2.22. The van der Waals surface area contributed by atoms with Crippen LogP contribution in [-0.2, 0) is 10.0 Å². The number of sulfonamides is 1. The van der Waals surface area contributed by atoms with Gasteiger partial charge in [-0.15, -0.1) is 0 Å². The number of para-hydroxylation sites is 1. The molecule has 0 radical (unpaired) electrons. The molecular formula is C26H27N3O4S. The number of carbonyl (C=O) groups is 2. The number of anilines is 1. The van der Waals surface area contributed by atoms with E-state index in [4.69, 9.17) is 0 Å². The molecule has 1 heterocycles. The number of hydrogen-bond acceptors (Lipinski definition) is 4. The Morgan fingerprint density at radius 1 is 0.824 bits per heavy atom. The summed E-state index contributed by atoms with van der Waals surface area (Å²) in [5, 5.41) is 5.73. The summed E-state index contributed by atoms with van der Waals surface area (Å²) in [6.45, 7) is 2.94.